The molecule has 0 saturated carbocycles. The summed E-state index contributed by atoms with van der Waals surface area (Å²) >= 11 is 0. The first kappa shape index (κ1) is 18.9. The molecule has 0 radical (unpaired) electrons. The largest absolute Gasteiger partial charge is 0.372 e. The number of nitrogens with zero attached hydrogens (tertiary/aromatic N) is 3. The van der Waals surface area contributed by atoms with Crippen molar-refractivity contribution in [1.82, 2.24) is 10.2 Å². The van der Waals surface area contributed by atoms with E-state index < -0.39 is 0 Å². The molecule has 1 aliphatic heterocycles. The van der Waals surface area contributed by atoms with Crippen LogP contribution in [0.25, 0.3) is 0 Å². The van der Waals surface area contributed by atoms with Gasteiger partial charge in [0.2, 0.25) is 0 Å². The van der Waals surface area contributed by atoms with Crippen molar-refractivity contribution in [3.8, 4) is 0 Å². The molecule has 2 aromatic carbocycles. The first-order chi connectivity index (χ1) is 14.2. The van der Waals surface area contributed by atoms with Crippen LogP contribution in [0.2, 0.25) is 0 Å². The van der Waals surface area contributed by atoms with Crippen molar-refractivity contribution < 1.29 is 4.79 Å². The van der Waals surface area contributed by atoms with E-state index in [4.69, 9.17) is 0 Å². The van der Waals surface area contributed by atoms with E-state index in [1.54, 1.807) is 12.1 Å². The number of aromatic nitrogens is 2. The van der Waals surface area contributed by atoms with Gasteiger partial charge < -0.3 is 15.5 Å². The fraction of sp³-hybridized carbons (Fsp3) is 0.261. The van der Waals surface area contributed by atoms with Crippen LogP contribution in [0, 0.1) is 6.92 Å². The highest BCUT2D eigenvalue weighted by Crippen LogP contribution is 2.22. The molecule has 1 saturated heterocycles. The van der Waals surface area contributed by atoms with Gasteiger partial charge in [0, 0.05) is 31.0 Å². The maximum absolute atomic E-state index is 12.4. The van der Waals surface area contributed by atoms with Gasteiger partial charge in [-0.2, -0.15) is 0 Å². The van der Waals surface area contributed by atoms with Crippen LogP contribution in [0.3, 0.4) is 0 Å². The summed E-state index contributed by atoms with van der Waals surface area (Å²) in [6.45, 7) is 4.93. The summed E-state index contributed by atoms with van der Waals surface area (Å²) in [4.78, 5) is 14.8. The summed E-state index contributed by atoms with van der Waals surface area (Å²) in [7, 11) is 0. The Bertz CT molecular complexity index is 946. The topological polar surface area (TPSA) is 70.2 Å². The number of nitrogens with one attached hydrogen (secondary N) is 2. The van der Waals surface area contributed by atoms with Gasteiger partial charge in [0.05, 0.1) is 0 Å². The number of carbonyl (C=O) groups is 1. The molecular formula is C23H25N5O. The van der Waals surface area contributed by atoms with Gasteiger partial charge in [-0.15, -0.1) is 10.2 Å². The zero-order chi connectivity index (χ0) is 20.1. The fourth-order valence-corrected chi connectivity index (χ4v) is 3.37. The van der Waals surface area contributed by atoms with Crippen molar-refractivity contribution in [2.45, 2.75) is 26.3 Å². The molecule has 6 heteroatoms. The molecule has 0 spiro atoms. The number of benzene rings is 2. The Hall–Kier alpha value is -3.41. The van der Waals surface area contributed by atoms with E-state index in [2.05, 4.69) is 56.9 Å². The molecule has 0 atom stereocenters. The monoisotopic (exact) mass is 387 g/mol. The standard InChI is InChI=1S/C23H25N5O/c1-17-4-6-18(7-5-17)16-24-22-13-12-21(26-27-22)23(29)25-19-8-10-20(11-9-19)28-14-2-3-15-28/h4-13H,2-3,14-16H2,1H3,(H,24,27)(H,25,29). The number of hydrogen-bond acceptors (Lipinski definition) is 5. The Kier molecular flexibility index (Phi) is 5.70. The molecule has 1 amide bonds. The predicted molar refractivity (Wildman–Crippen MR) is 116 cm³/mol. The van der Waals surface area contributed by atoms with Gasteiger partial charge in [-0.3, -0.25) is 4.79 Å². The van der Waals surface area contributed by atoms with Gasteiger partial charge in [0.1, 0.15) is 5.82 Å². The van der Waals surface area contributed by atoms with Crippen molar-refractivity contribution in [3.05, 3.63) is 77.5 Å². The Labute approximate surface area is 171 Å². The van der Waals surface area contributed by atoms with Crippen molar-refractivity contribution in [3.63, 3.8) is 0 Å². The highest BCUT2D eigenvalue weighted by Gasteiger charge is 2.13. The zero-order valence-corrected chi connectivity index (χ0v) is 16.6. The molecular weight excluding hydrogens is 362 g/mol. The second kappa shape index (κ2) is 8.73. The smallest absolute Gasteiger partial charge is 0.276 e. The summed E-state index contributed by atoms with van der Waals surface area (Å²) < 4.78 is 0. The lowest BCUT2D eigenvalue weighted by Crippen LogP contribution is -2.18. The summed E-state index contributed by atoms with van der Waals surface area (Å²) in [5, 5.41) is 14.3. The van der Waals surface area contributed by atoms with Crippen LogP contribution >= 0.6 is 0 Å². The van der Waals surface area contributed by atoms with E-state index in [-0.39, 0.29) is 11.6 Å². The average Bonchev–Trinajstić information content (AvgIpc) is 3.29. The van der Waals surface area contributed by atoms with Gasteiger partial charge in [-0.1, -0.05) is 29.8 Å². The number of carbonyl (C=O) groups excluding carboxylic acids is 1. The highest BCUT2D eigenvalue weighted by molar-refractivity contribution is 6.02. The second-order valence-electron chi connectivity index (χ2n) is 7.34. The van der Waals surface area contributed by atoms with Gasteiger partial charge in [0.25, 0.3) is 5.91 Å². The van der Waals surface area contributed by atoms with Crippen molar-refractivity contribution in [1.29, 1.82) is 0 Å². The Balaban J connectivity index is 1.32. The minimum Gasteiger partial charge on any atom is -0.372 e. The van der Waals surface area contributed by atoms with Crippen molar-refractivity contribution in [2.75, 3.05) is 28.6 Å². The number of anilines is 3. The second-order valence-corrected chi connectivity index (χ2v) is 7.34. The summed E-state index contributed by atoms with van der Waals surface area (Å²) in [5.41, 5.74) is 4.63. The molecule has 0 unspecified atom stereocenters. The van der Waals surface area contributed by atoms with Gasteiger partial charge >= 0.3 is 0 Å². The highest BCUT2D eigenvalue weighted by atomic mass is 16.1. The molecule has 1 fully saturated rings. The minimum atomic E-state index is -0.267. The van der Waals surface area contributed by atoms with E-state index in [0.717, 1.165) is 24.3 Å². The SMILES string of the molecule is Cc1ccc(CNc2ccc(C(=O)Nc3ccc(N4CCCC4)cc3)nn2)cc1. The lowest BCUT2D eigenvalue weighted by atomic mass is 10.1. The van der Waals surface area contributed by atoms with Crippen LogP contribution in [0.1, 0.15) is 34.5 Å². The minimum absolute atomic E-state index is 0.267. The Morgan fingerprint density at radius 1 is 0.931 bits per heavy atom. The average molecular weight is 387 g/mol. The van der Waals surface area contributed by atoms with Gasteiger partial charge in [0.15, 0.2) is 5.69 Å². The van der Waals surface area contributed by atoms with Crippen LogP contribution in [0.4, 0.5) is 17.2 Å². The van der Waals surface area contributed by atoms with Crippen LogP contribution < -0.4 is 15.5 Å². The number of hydrogen-bond donors (Lipinski definition) is 2. The van der Waals surface area contributed by atoms with E-state index in [1.807, 2.05) is 24.3 Å². The van der Waals surface area contributed by atoms with Crippen LogP contribution in [-0.4, -0.2) is 29.2 Å². The third kappa shape index (κ3) is 4.90. The Morgan fingerprint density at radius 2 is 1.66 bits per heavy atom. The molecule has 2 heterocycles. The number of rotatable bonds is 6. The first-order valence-electron chi connectivity index (χ1n) is 9.97. The van der Waals surface area contributed by atoms with E-state index in [1.165, 1.54) is 24.1 Å². The molecule has 3 aromatic rings. The third-order valence-electron chi connectivity index (χ3n) is 5.09. The van der Waals surface area contributed by atoms with Crippen LogP contribution in [0.5, 0.6) is 0 Å². The maximum atomic E-state index is 12.4. The quantitative estimate of drug-likeness (QED) is 0.662. The van der Waals surface area contributed by atoms with Gasteiger partial charge in [-0.25, -0.2) is 0 Å². The normalized spacial score (nSPS) is 13.3. The summed E-state index contributed by atoms with van der Waals surface area (Å²) in [6, 6.07) is 19.7. The van der Waals surface area contributed by atoms with Crippen LogP contribution in [0.15, 0.2) is 60.7 Å². The van der Waals surface area contributed by atoms with Crippen molar-refractivity contribution in [2.24, 2.45) is 0 Å². The summed E-state index contributed by atoms with van der Waals surface area (Å²) in [5.74, 6) is 0.369. The third-order valence-corrected chi connectivity index (χ3v) is 5.09. The van der Waals surface area contributed by atoms with Crippen molar-refractivity contribution >= 4 is 23.1 Å². The number of aryl methyl sites for hydroxylation is 1. The molecule has 2 N–H and O–H groups in total. The maximum Gasteiger partial charge on any atom is 0.276 e. The van der Waals surface area contributed by atoms with E-state index >= 15 is 0 Å². The molecule has 1 aliphatic rings. The molecule has 148 valence electrons. The lowest BCUT2D eigenvalue weighted by molar-refractivity contribution is 0.102. The zero-order valence-electron chi connectivity index (χ0n) is 16.6. The Morgan fingerprint density at radius 3 is 2.31 bits per heavy atom. The van der Waals surface area contributed by atoms with Crippen LogP contribution in [-0.2, 0) is 6.54 Å². The van der Waals surface area contributed by atoms with Gasteiger partial charge in [-0.05, 0) is 61.7 Å². The molecule has 1 aromatic heterocycles. The van der Waals surface area contributed by atoms with E-state index in [0.29, 0.717) is 12.4 Å². The fourth-order valence-electron chi connectivity index (χ4n) is 3.37. The summed E-state index contributed by atoms with van der Waals surface area (Å²) in [6.07, 6.45) is 2.49. The number of amides is 1. The first-order valence-corrected chi connectivity index (χ1v) is 9.97. The van der Waals surface area contributed by atoms with E-state index in [9.17, 15) is 4.79 Å². The lowest BCUT2D eigenvalue weighted by Gasteiger charge is -2.17. The molecule has 29 heavy (non-hydrogen) atoms. The molecule has 4 rings (SSSR count). The predicted octanol–water partition coefficient (Wildman–Crippen LogP) is 4.25. The molecule has 0 bridgehead atoms. The molecule has 0 aliphatic carbocycles. The molecule has 6 nitrogen and oxygen atoms in total.